The van der Waals surface area contributed by atoms with Crippen molar-refractivity contribution < 1.29 is 5.11 Å². The van der Waals surface area contributed by atoms with Crippen LogP contribution in [-0.2, 0) is 6.42 Å². The Morgan fingerprint density at radius 1 is 1.13 bits per heavy atom. The highest BCUT2D eigenvalue weighted by atomic mass is 16.3. The molecule has 0 fully saturated rings. The van der Waals surface area contributed by atoms with Gasteiger partial charge in [0, 0.05) is 42.6 Å². The molecule has 4 rings (SSSR count). The van der Waals surface area contributed by atoms with Crippen LogP contribution >= 0.6 is 0 Å². The second-order valence-corrected chi connectivity index (χ2v) is 7.72. The van der Waals surface area contributed by atoms with Crippen LogP contribution in [0.4, 0.5) is 11.4 Å². The molecule has 156 valence electrons. The summed E-state index contributed by atoms with van der Waals surface area (Å²) < 4.78 is 2.15. The summed E-state index contributed by atoms with van der Waals surface area (Å²) in [5, 5.41) is 13.0. The third-order valence-corrected chi connectivity index (χ3v) is 5.60. The molecule has 31 heavy (non-hydrogen) atoms. The van der Waals surface area contributed by atoms with Crippen LogP contribution in [0.5, 0.6) is 5.75 Å². The van der Waals surface area contributed by atoms with E-state index in [1.54, 1.807) is 24.5 Å². The van der Waals surface area contributed by atoms with Crippen molar-refractivity contribution in [3.8, 4) is 16.9 Å². The summed E-state index contributed by atoms with van der Waals surface area (Å²) in [7, 11) is 0. The molecule has 0 aliphatic carbocycles. The van der Waals surface area contributed by atoms with Gasteiger partial charge >= 0.3 is 0 Å². The van der Waals surface area contributed by atoms with Gasteiger partial charge in [-0.25, -0.2) is 9.83 Å². The van der Waals surface area contributed by atoms with Crippen LogP contribution in [0, 0.1) is 6.57 Å². The predicted octanol–water partition coefficient (Wildman–Crippen LogP) is 5.82. The molecule has 0 spiro atoms. The van der Waals surface area contributed by atoms with Crippen LogP contribution < -0.4 is 5.32 Å². The fraction of sp³-hybridized carbons (Fsp3) is 0.240. The van der Waals surface area contributed by atoms with Gasteiger partial charge in [-0.15, -0.1) is 0 Å². The summed E-state index contributed by atoms with van der Waals surface area (Å²) in [4.78, 5) is 12.4. The molecular formula is C25H25N5O. The number of fused-ring (bicyclic) bond motifs is 1. The Hall–Kier alpha value is -3.85. The molecule has 0 bridgehead atoms. The number of nitrogens with zero attached hydrogens (tertiary/aromatic N) is 4. The molecule has 3 heterocycles. The minimum Gasteiger partial charge on any atom is -0.508 e. The van der Waals surface area contributed by atoms with Crippen LogP contribution in [0.25, 0.3) is 21.6 Å². The number of phenolic OH excluding ortho intramolecular Hbond substituents is 1. The molecule has 0 radical (unpaired) electrons. The van der Waals surface area contributed by atoms with Gasteiger partial charge < -0.3 is 14.8 Å². The number of anilines is 1. The maximum absolute atomic E-state index is 9.47. The molecule has 0 saturated heterocycles. The summed E-state index contributed by atoms with van der Waals surface area (Å²) in [5.74, 6) is 0.652. The highest BCUT2D eigenvalue weighted by Gasteiger charge is 2.15. The lowest BCUT2D eigenvalue weighted by atomic mass is 10.1. The number of nitrogens with one attached hydrogen (secondary N) is 1. The van der Waals surface area contributed by atoms with Crippen molar-refractivity contribution in [1.29, 1.82) is 0 Å². The van der Waals surface area contributed by atoms with Crippen molar-refractivity contribution >= 4 is 17.0 Å². The Balaban J connectivity index is 1.71. The standard InChI is InChI=1S/C25H25N5O/c1-4-17(2)24-15-29-25-23(28-10-9-18-5-7-22(31)8-6-18)12-20(16-30(24)25)19-11-21(26-3)14-27-13-19/h5-8,11-17,28,31H,4,9-10H2,1-2H3. The highest BCUT2D eigenvalue weighted by Crippen LogP contribution is 2.30. The number of aromatic hydroxyl groups is 1. The number of phenols is 1. The van der Waals surface area contributed by atoms with Gasteiger partial charge in [0.25, 0.3) is 0 Å². The average molecular weight is 412 g/mol. The summed E-state index contributed by atoms with van der Waals surface area (Å²) in [6, 6.07) is 11.2. The Morgan fingerprint density at radius 2 is 1.94 bits per heavy atom. The Bertz CT molecular complexity index is 1240. The molecule has 6 nitrogen and oxygen atoms in total. The molecule has 6 heteroatoms. The summed E-state index contributed by atoms with van der Waals surface area (Å²) in [5.41, 5.74) is 6.55. The van der Waals surface area contributed by atoms with Gasteiger partial charge in [0.05, 0.1) is 12.3 Å². The topological polar surface area (TPSA) is 66.8 Å². The lowest BCUT2D eigenvalue weighted by molar-refractivity contribution is 0.475. The Labute approximate surface area is 182 Å². The number of hydrogen-bond acceptors (Lipinski definition) is 4. The van der Waals surface area contributed by atoms with E-state index in [9.17, 15) is 5.11 Å². The third-order valence-electron chi connectivity index (χ3n) is 5.60. The number of aromatic nitrogens is 3. The van der Waals surface area contributed by atoms with Crippen LogP contribution in [0.1, 0.15) is 37.4 Å². The molecule has 0 aliphatic rings. The van der Waals surface area contributed by atoms with Crippen LogP contribution in [-0.4, -0.2) is 26.0 Å². The van der Waals surface area contributed by atoms with E-state index >= 15 is 0 Å². The van der Waals surface area contributed by atoms with E-state index < -0.39 is 0 Å². The van der Waals surface area contributed by atoms with E-state index in [-0.39, 0.29) is 5.75 Å². The zero-order valence-corrected chi connectivity index (χ0v) is 17.7. The maximum atomic E-state index is 9.47. The summed E-state index contributed by atoms with van der Waals surface area (Å²) >= 11 is 0. The second-order valence-electron chi connectivity index (χ2n) is 7.72. The fourth-order valence-corrected chi connectivity index (χ4v) is 3.62. The first kappa shape index (κ1) is 20.4. The normalized spacial score (nSPS) is 11.9. The summed E-state index contributed by atoms with van der Waals surface area (Å²) in [6.07, 6.45) is 9.25. The van der Waals surface area contributed by atoms with E-state index in [1.165, 1.54) is 0 Å². The van der Waals surface area contributed by atoms with Crippen molar-refractivity contribution in [1.82, 2.24) is 14.4 Å². The van der Waals surface area contributed by atoms with Crippen LogP contribution in [0.2, 0.25) is 0 Å². The highest BCUT2D eigenvalue weighted by molar-refractivity contribution is 5.77. The number of hydrogen-bond donors (Lipinski definition) is 2. The lowest BCUT2D eigenvalue weighted by Crippen LogP contribution is -2.07. The van der Waals surface area contributed by atoms with Gasteiger partial charge in [-0.2, -0.15) is 0 Å². The van der Waals surface area contributed by atoms with Crippen molar-refractivity contribution in [2.75, 3.05) is 11.9 Å². The van der Waals surface area contributed by atoms with Gasteiger partial charge in [0.15, 0.2) is 5.65 Å². The van der Waals surface area contributed by atoms with Gasteiger partial charge in [-0.1, -0.05) is 26.0 Å². The van der Waals surface area contributed by atoms with E-state index in [2.05, 4.69) is 45.7 Å². The zero-order chi connectivity index (χ0) is 21.8. The molecule has 0 amide bonds. The second kappa shape index (κ2) is 8.88. The monoisotopic (exact) mass is 411 g/mol. The number of imidazole rings is 1. The first-order valence-corrected chi connectivity index (χ1v) is 10.4. The fourth-order valence-electron chi connectivity index (χ4n) is 3.62. The third kappa shape index (κ3) is 4.36. The smallest absolute Gasteiger partial charge is 0.205 e. The minimum atomic E-state index is 0.274. The molecule has 2 N–H and O–H groups in total. The molecule has 1 unspecified atom stereocenters. The quantitative estimate of drug-likeness (QED) is 0.376. The van der Waals surface area contributed by atoms with Crippen molar-refractivity contribution in [3.05, 3.63) is 83.9 Å². The van der Waals surface area contributed by atoms with Gasteiger partial charge in [0.2, 0.25) is 5.69 Å². The van der Waals surface area contributed by atoms with Gasteiger partial charge in [-0.05, 0) is 54.2 Å². The molecule has 1 aromatic carbocycles. The number of rotatable bonds is 7. The first-order chi connectivity index (χ1) is 15.1. The van der Waals surface area contributed by atoms with E-state index in [0.29, 0.717) is 11.6 Å². The summed E-state index contributed by atoms with van der Waals surface area (Å²) in [6.45, 7) is 12.4. The van der Waals surface area contributed by atoms with Crippen molar-refractivity contribution in [2.24, 2.45) is 0 Å². The van der Waals surface area contributed by atoms with Crippen molar-refractivity contribution in [3.63, 3.8) is 0 Å². The maximum Gasteiger partial charge on any atom is 0.205 e. The molecule has 0 saturated carbocycles. The van der Waals surface area contributed by atoms with Gasteiger partial charge in [0.1, 0.15) is 5.75 Å². The number of benzene rings is 1. The minimum absolute atomic E-state index is 0.274. The lowest BCUT2D eigenvalue weighted by Gasteiger charge is -2.14. The molecule has 1 atom stereocenters. The van der Waals surface area contributed by atoms with E-state index in [0.717, 1.165) is 53.1 Å². The first-order valence-electron chi connectivity index (χ1n) is 10.4. The van der Waals surface area contributed by atoms with E-state index in [1.807, 2.05) is 24.4 Å². The Kier molecular flexibility index (Phi) is 5.85. The Morgan fingerprint density at radius 3 is 2.68 bits per heavy atom. The molecular weight excluding hydrogens is 386 g/mol. The van der Waals surface area contributed by atoms with Gasteiger partial charge in [-0.3, -0.25) is 4.98 Å². The molecule has 0 aliphatic heterocycles. The zero-order valence-electron chi connectivity index (χ0n) is 17.7. The van der Waals surface area contributed by atoms with Crippen molar-refractivity contribution in [2.45, 2.75) is 32.6 Å². The molecule has 4 aromatic rings. The largest absolute Gasteiger partial charge is 0.508 e. The van der Waals surface area contributed by atoms with Crippen LogP contribution in [0.3, 0.4) is 0 Å². The molecule has 3 aromatic heterocycles. The SMILES string of the molecule is [C-]#[N+]c1cncc(-c2cc(NCCc3ccc(O)cc3)c3ncc(C(C)CC)n3c2)c1. The predicted molar refractivity (Wildman–Crippen MR) is 124 cm³/mol. The van der Waals surface area contributed by atoms with Crippen LogP contribution in [0.15, 0.2) is 61.2 Å². The van der Waals surface area contributed by atoms with E-state index in [4.69, 9.17) is 11.6 Å². The number of pyridine rings is 2. The average Bonchev–Trinajstić information content (AvgIpc) is 3.24.